The number of hydrogen-bond acceptors (Lipinski definition) is 4. The van der Waals surface area contributed by atoms with Gasteiger partial charge in [0.2, 0.25) is 5.91 Å². The van der Waals surface area contributed by atoms with Gasteiger partial charge in [0.05, 0.1) is 13.2 Å². The Labute approximate surface area is 154 Å². The molecule has 1 heterocycles. The summed E-state index contributed by atoms with van der Waals surface area (Å²) in [6, 6.07) is -0.330. The number of carbonyl (C=O) groups is 2. The van der Waals surface area contributed by atoms with Gasteiger partial charge in [0, 0.05) is 40.3 Å². The van der Waals surface area contributed by atoms with Gasteiger partial charge in [0.15, 0.2) is 5.96 Å². The molecule has 0 bridgehead atoms. The van der Waals surface area contributed by atoms with Crippen molar-refractivity contribution in [3.63, 3.8) is 0 Å². The molecule has 0 aromatic heterocycles. The van der Waals surface area contributed by atoms with Crippen molar-refractivity contribution < 1.29 is 14.3 Å². The van der Waals surface area contributed by atoms with Crippen LogP contribution in [-0.4, -0.2) is 81.2 Å². The standard InChI is InChI=1S/C14H25N5O3.HI/c1-15-13(18(2)7-8-22-10-11-3-4-11)16-5-6-19-12(20)9-17-14(19)21;/h11H,3-10H2,1-2H3,(H,15,16)(H,17,21);1H. The molecule has 1 aliphatic heterocycles. The van der Waals surface area contributed by atoms with E-state index in [1.165, 1.54) is 17.7 Å². The Hall–Kier alpha value is -1.10. The van der Waals surface area contributed by atoms with Gasteiger partial charge in [0.25, 0.3) is 0 Å². The zero-order chi connectivity index (χ0) is 15.9. The maximum atomic E-state index is 11.5. The number of ether oxygens (including phenoxy) is 1. The second-order valence-electron chi connectivity index (χ2n) is 5.62. The molecule has 0 radical (unpaired) electrons. The summed E-state index contributed by atoms with van der Waals surface area (Å²) >= 11 is 0. The number of nitrogens with one attached hydrogen (secondary N) is 2. The van der Waals surface area contributed by atoms with Gasteiger partial charge in [-0.25, -0.2) is 4.79 Å². The zero-order valence-electron chi connectivity index (χ0n) is 13.7. The Kier molecular flexibility index (Phi) is 8.59. The van der Waals surface area contributed by atoms with E-state index < -0.39 is 0 Å². The number of amides is 3. The molecule has 132 valence electrons. The lowest BCUT2D eigenvalue weighted by Gasteiger charge is -2.22. The van der Waals surface area contributed by atoms with Gasteiger partial charge in [-0.15, -0.1) is 24.0 Å². The van der Waals surface area contributed by atoms with Crippen LogP contribution in [0.15, 0.2) is 4.99 Å². The maximum absolute atomic E-state index is 11.5. The van der Waals surface area contributed by atoms with Gasteiger partial charge in [-0.05, 0) is 18.8 Å². The van der Waals surface area contributed by atoms with Crippen LogP contribution in [0, 0.1) is 5.92 Å². The van der Waals surface area contributed by atoms with Crippen LogP contribution in [0.1, 0.15) is 12.8 Å². The average Bonchev–Trinajstić information content (AvgIpc) is 3.28. The number of urea groups is 1. The lowest BCUT2D eigenvalue weighted by molar-refractivity contribution is -0.124. The van der Waals surface area contributed by atoms with Crippen LogP contribution >= 0.6 is 24.0 Å². The molecular formula is C14H26IN5O3. The van der Waals surface area contributed by atoms with Crippen LogP contribution < -0.4 is 10.6 Å². The largest absolute Gasteiger partial charge is 0.379 e. The highest BCUT2D eigenvalue weighted by atomic mass is 127. The van der Waals surface area contributed by atoms with Crippen LogP contribution in [0.5, 0.6) is 0 Å². The van der Waals surface area contributed by atoms with Crippen molar-refractivity contribution in [1.82, 2.24) is 20.4 Å². The minimum Gasteiger partial charge on any atom is -0.379 e. The zero-order valence-corrected chi connectivity index (χ0v) is 16.0. The Balaban J connectivity index is 0.00000264. The smallest absolute Gasteiger partial charge is 0.324 e. The summed E-state index contributed by atoms with van der Waals surface area (Å²) in [5, 5.41) is 5.64. The summed E-state index contributed by atoms with van der Waals surface area (Å²) < 4.78 is 5.61. The number of halogens is 1. The van der Waals surface area contributed by atoms with Crippen LogP contribution in [0.4, 0.5) is 4.79 Å². The van der Waals surface area contributed by atoms with E-state index in [1.54, 1.807) is 7.05 Å². The van der Waals surface area contributed by atoms with Crippen molar-refractivity contribution in [2.45, 2.75) is 12.8 Å². The number of carbonyl (C=O) groups excluding carboxylic acids is 2. The van der Waals surface area contributed by atoms with Crippen molar-refractivity contribution >= 4 is 41.9 Å². The lowest BCUT2D eigenvalue weighted by Crippen LogP contribution is -2.44. The summed E-state index contributed by atoms with van der Waals surface area (Å²) in [4.78, 5) is 30.2. The first kappa shape index (κ1) is 19.9. The fourth-order valence-electron chi connectivity index (χ4n) is 2.19. The molecule has 8 nitrogen and oxygen atoms in total. The molecule has 0 atom stereocenters. The maximum Gasteiger partial charge on any atom is 0.324 e. The Morgan fingerprint density at radius 1 is 1.48 bits per heavy atom. The van der Waals surface area contributed by atoms with Crippen LogP contribution in [0.25, 0.3) is 0 Å². The molecule has 2 aliphatic rings. The van der Waals surface area contributed by atoms with E-state index >= 15 is 0 Å². The summed E-state index contributed by atoms with van der Waals surface area (Å²) in [5.41, 5.74) is 0. The van der Waals surface area contributed by atoms with Gasteiger partial charge < -0.3 is 20.3 Å². The first-order valence-electron chi connectivity index (χ1n) is 7.69. The van der Waals surface area contributed by atoms with E-state index in [0.29, 0.717) is 19.7 Å². The lowest BCUT2D eigenvalue weighted by atomic mass is 10.5. The molecule has 0 spiro atoms. The third-order valence-electron chi connectivity index (χ3n) is 3.75. The van der Waals surface area contributed by atoms with Gasteiger partial charge in [-0.1, -0.05) is 0 Å². The highest BCUT2D eigenvalue weighted by Crippen LogP contribution is 2.28. The molecule has 0 unspecified atom stereocenters. The van der Waals surface area contributed by atoms with E-state index in [1.807, 2.05) is 11.9 Å². The SMILES string of the molecule is CN=C(NCCN1C(=O)CNC1=O)N(C)CCOCC1CC1.I. The second kappa shape index (κ2) is 9.91. The number of rotatable bonds is 8. The normalized spacial score (nSPS) is 17.8. The molecule has 2 rings (SSSR count). The summed E-state index contributed by atoms with van der Waals surface area (Å²) in [6.07, 6.45) is 2.59. The van der Waals surface area contributed by atoms with E-state index in [2.05, 4.69) is 15.6 Å². The number of guanidine groups is 1. The highest BCUT2D eigenvalue weighted by molar-refractivity contribution is 14.0. The number of hydrogen-bond donors (Lipinski definition) is 2. The molecule has 9 heteroatoms. The predicted molar refractivity (Wildman–Crippen MR) is 98.1 cm³/mol. The summed E-state index contributed by atoms with van der Waals surface area (Å²) in [5.74, 6) is 1.30. The van der Waals surface area contributed by atoms with Crippen LogP contribution in [0.3, 0.4) is 0 Å². The van der Waals surface area contributed by atoms with Gasteiger partial charge in [0.1, 0.15) is 0 Å². The Morgan fingerprint density at radius 2 is 2.22 bits per heavy atom. The van der Waals surface area contributed by atoms with E-state index in [-0.39, 0.29) is 42.5 Å². The van der Waals surface area contributed by atoms with Crippen molar-refractivity contribution in [1.29, 1.82) is 0 Å². The third-order valence-corrected chi connectivity index (χ3v) is 3.75. The van der Waals surface area contributed by atoms with E-state index in [0.717, 1.165) is 25.0 Å². The van der Waals surface area contributed by atoms with E-state index in [9.17, 15) is 9.59 Å². The molecule has 2 fully saturated rings. The van der Waals surface area contributed by atoms with Gasteiger partial charge >= 0.3 is 6.03 Å². The van der Waals surface area contributed by atoms with Crippen molar-refractivity contribution in [2.24, 2.45) is 10.9 Å². The van der Waals surface area contributed by atoms with Gasteiger partial charge in [-0.2, -0.15) is 0 Å². The monoisotopic (exact) mass is 439 g/mol. The molecule has 3 amide bonds. The number of nitrogens with zero attached hydrogens (tertiary/aromatic N) is 3. The topological polar surface area (TPSA) is 86.3 Å². The highest BCUT2D eigenvalue weighted by Gasteiger charge is 2.27. The molecule has 0 aromatic carbocycles. The van der Waals surface area contributed by atoms with Crippen LogP contribution in [-0.2, 0) is 9.53 Å². The van der Waals surface area contributed by atoms with Gasteiger partial charge in [-0.3, -0.25) is 14.7 Å². The summed E-state index contributed by atoms with van der Waals surface area (Å²) in [7, 11) is 3.64. The first-order valence-corrected chi connectivity index (χ1v) is 7.69. The summed E-state index contributed by atoms with van der Waals surface area (Å²) in [6.45, 7) is 3.16. The molecule has 23 heavy (non-hydrogen) atoms. The fourth-order valence-corrected chi connectivity index (χ4v) is 2.19. The fraction of sp³-hybridized carbons (Fsp3) is 0.786. The number of likely N-dealkylation sites (N-methyl/N-ethyl adjacent to an activating group) is 1. The second-order valence-corrected chi connectivity index (χ2v) is 5.62. The van der Waals surface area contributed by atoms with Crippen molar-refractivity contribution in [3.8, 4) is 0 Å². The van der Waals surface area contributed by atoms with Crippen LogP contribution in [0.2, 0.25) is 0 Å². The minimum absolute atomic E-state index is 0. The quantitative estimate of drug-likeness (QED) is 0.184. The predicted octanol–water partition coefficient (Wildman–Crippen LogP) is 0.0900. The Morgan fingerprint density at radius 3 is 2.78 bits per heavy atom. The van der Waals surface area contributed by atoms with Crippen molar-refractivity contribution in [2.75, 3.05) is 53.5 Å². The molecule has 0 aromatic rings. The minimum atomic E-state index is -0.330. The Bertz CT molecular complexity index is 426. The molecule has 1 saturated carbocycles. The number of aliphatic imine (C=N–C) groups is 1. The molecular weight excluding hydrogens is 413 g/mol. The molecule has 1 saturated heterocycles. The first-order chi connectivity index (χ1) is 10.6. The van der Waals surface area contributed by atoms with Crippen molar-refractivity contribution in [3.05, 3.63) is 0 Å². The third kappa shape index (κ3) is 6.50. The molecule has 2 N–H and O–H groups in total. The average molecular weight is 439 g/mol. The van der Waals surface area contributed by atoms with E-state index in [4.69, 9.17) is 4.74 Å². The molecule has 1 aliphatic carbocycles. The number of imide groups is 1.